The van der Waals surface area contributed by atoms with Gasteiger partial charge in [0.05, 0.1) is 36.6 Å². The molecule has 2 aromatic carbocycles. The van der Waals surface area contributed by atoms with Gasteiger partial charge in [-0.05, 0) is 47.2 Å². The summed E-state index contributed by atoms with van der Waals surface area (Å²) in [6, 6.07) is 26.7. The Kier molecular flexibility index (Phi) is 8.72. The number of rotatable bonds is 4. The molecule has 0 saturated heterocycles. The van der Waals surface area contributed by atoms with Crippen LogP contribution in [0.4, 0.5) is 8.78 Å². The first-order valence-electron chi connectivity index (χ1n) is 18.2. The average Bonchev–Trinajstić information content (AvgIpc) is 4.00. The number of hydrogen-bond acceptors (Lipinski definition) is 8. The Bertz CT molecular complexity index is 2170. The van der Waals surface area contributed by atoms with Crippen molar-refractivity contribution in [3.05, 3.63) is 154 Å². The van der Waals surface area contributed by atoms with Crippen molar-refractivity contribution in [2.24, 2.45) is 0 Å². The number of alkyl halides is 2. The summed E-state index contributed by atoms with van der Waals surface area (Å²) in [5, 5.41) is 8.77. The summed E-state index contributed by atoms with van der Waals surface area (Å²) in [5.74, 6) is 0.0604. The van der Waals surface area contributed by atoms with Crippen LogP contribution in [0.25, 0.3) is 0 Å². The number of pyridine rings is 2. The maximum absolute atomic E-state index is 14.5. The van der Waals surface area contributed by atoms with Crippen molar-refractivity contribution in [2.45, 2.75) is 63.2 Å². The van der Waals surface area contributed by atoms with Crippen LogP contribution in [0.5, 0.6) is 0 Å². The van der Waals surface area contributed by atoms with Gasteiger partial charge in [-0.15, -0.1) is 10.2 Å². The van der Waals surface area contributed by atoms with Gasteiger partial charge < -0.3 is 9.80 Å². The molecular weight excluding hydrogens is 691 g/mol. The van der Waals surface area contributed by atoms with E-state index in [-0.39, 0.29) is 47.2 Å². The third-order valence-corrected chi connectivity index (χ3v) is 10.6. The van der Waals surface area contributed by atoms with Gasteiger partial charge in [0.15, 0.2) is 24.0 Å². The van der Waals surface area contributed by atoms with Crippen LogP contribution in [0, 0.1) is 0 Å². The molecule has 14 heteroatoms. The second-order valence-corrected chi connectivity index (χ2v) is 13.9. The molecule has 10 rings (SSSR count). The molecule has 0 radical (unpaired) electrons. The number of amides is 2. The Morgan fingerprint density at radius 3 is 1.43 bits per heavy atom. The summed E-state index contributed by atoms with van der Waals surface area (Å²) in [4.78, 5) is 46.4. The predicted molar refractivity (Wildman–Crippen MR) is 192 cm³/mol. The predicted octanol–water partition coefficient (Wildman–Crippen LogP) is 5.75. The Balaban J connectivity index is 0.000000142. The van der Waals surface area contributed by atoms with Crippen molar-refractivity contribution >= 4 is 11.8 Å². The fraction of sp³-hybridized carbons (Fsp3) is 0.300. The number of halogens is 2. The van der Waals surface area contributed by atoms with Crippen LogP contribution >= 0.6 is 0 Å². The molecule has 6 aromatic rings. The molecule has 4 aliphatic rings. The smallest absolute Gasteiger partial charge is 0.293 e. The first-order valence-corrected chi connectivity index (χ1v) is 18.2. The van der Waals surface area contributed by atoms with Crippen molar-refractivity contribution in [3.63, 3.8) is 0 Å². The van der Waals surface area contributed by atoms with Crippen LogP contribution < -0.4 is 0 Å². The summed E-state index contributed by atoms with van der Waals surface area (Å²) in [5.41, 5.74) is 6.06. The Hall–Kier alpha value is -6.18. The topological polar surface area (TPSA) is 128 Å². The zero-order chi connectivity index (χ0) is 36.8. The quantitative estimate of drug-likeness (QED) is 0.225. The third kappa shape index (κ3) is 6.20. The number of nitrogens with zero attached hydrogens (tertiary/aromatic N) is 10. The Morgan fingerprint density at radius 1 is 0.574 bits per heavy atom. The van der Waals surface area contributed by atoms with Crippen molar-refractivity contribution in [1.82, 2.24) is 49.3 Å². The largest absolute Gasteiger partial charge is 0.330 e. The number of fused-ring (bicyclic) bond motifs is 4. The van der Waals surface area contributed by atoms with E-state index in [9.17, 15) is 18.4 Å². The monoisotopic (exact) mass is 726 g/mol. The fourth-order valence-corrected chi connectivity index (χ4v) is 7.79. The van der Waals surface area contributed by atoms with E-state index in [1.54, 1.807) is 31.6 Å². The highest BCUT2D eigenvalue weighted by molar-refractivity contribution is 5.91. The van der Waals surface area contributed by atoms with E-state index in [0.717, 1.165) is 46.5 Å². The van der Waals surface area contributed by atoms with Gasteiger partial charge in [-0.3, -0.25) is 19.6 Å². The van der Waals surface area contributed by atoms with E-state index < -0.39 is 12.3 Å². The Morgan fingerprint density at radius 2 is 1.00 bits per heavy atom. The molecule has 54 heavy (non-hydrogen) atoms. The number of carbonyl (C=O) groups excluding carboxylic acids is 2. The highest BCUT2D eigenvalue weighted by Crippen LogP contribution is 2.40. The molecule has 0 bridgehead atoms. The molecule has 0 spiro atoms. The third-order valence-electron chi connectivity index (χ3n) is 10.6. The van der Waals surface area contributed by atoms with Crippen molar-refractivity contribution in [3.8, 4) is 0 Å². The van der Waals surface area contributed by atoms with Crippen LogP contribution in [0.1, 0.15) is 104 Å². The highest BCUT2D eigenvalue weighted by Gasteiger charge is 2.39. The van der Waals surface area contributed by atoms with Crippen LogP contribution in [-0.4, -0.2) is 74.2 Å². The number of benzene rings is 2. The number of carbonyl (C=O) groups is 2. The molecule has 12 nitrogen and oxygen atoms in total. The minimum absolute atomic E-state index is 0.0627. The van der Waals surface area contributed by atoms with Crippen LogP contribution in [0.15, 0.2) is 97.3 Å². The van der Waals surface area contributed by atoms with Gasteiger partial charge in [-0.25, -0.2) is 28.1 Å². The number of hydrogen-bond donors (Lipinski definition) is 0. The average molecular weight is 727 g/mol. The van der Waals surface area contributed by atoms with Gasteiger partial charge in [-0.2, -0.15) is 0 Å². The summed E-state index contributed by atoms with van der Waals surface area (Å²) in [6.07, 6.45) is 3.13. The molecule has 4 aromatic heterocycles. The second-order valence-electron chi connectivity index (χ2n) is 13.9. The van der Waals surface area contributed by atoms with E-state index >= 15 is 0 Å². The number of aromatic nitrogens is 8. The first-order chi connectivity index (χ1) is 26.4. The van der Waals surface area contributed by atoms with E-state index in [1.165, 1.54) is 0 Å². The minimum atomic E-state index is -1.21. The molecule has 0 aliphatic carbocycles. The second kappa shape index (κ2) is 14.0. The SMILES string of the molecule is O=C(c1nc2n(n1)[C@@H](c1ccccc1)C[C@H]2F)N1CCc2cccnc2C1.O=C(c1nc2n(n1)[C@@H](c1ccccc1)C[C@H]2F)N1CCc2cccnc2C1. The first kappa shape index (κ1) is 33.6. The lowest BCUT2D eigenvalue weighted by Gasteiger charge is -2.27. The van der Waals surface area contributed by atoms with E-state index in [0.29, 0.717) is 39.0 Å². The van der Waals surface area contributed by atoms with Crippen molar-refractivity contribution < 1.29 is 18.4 Å². The van der Waals surface area contributed by atoms with Gasteiger partial charge in [-0.1, -0.05) is 72.8 Å². The van der Waals surface area contributed by atoms with Gasteiger partial charge >= 0.3 is 0 Å². The summed E-state index contributed by atoms with van der Waals surface area (Å²) in [7, 11) is 0. The van der Waals surface area contributed by atoms with Crippen LogP contribution in [-0.2, 0) is 25.9 Å². The molecule has 4 aliphatic heterocycles. The summed E-state index contributed by atoms with van der Waals surface area (Å²) < 4.78 is 32.2. The van der Waals surface area contributed by atoms with Crippen LogP contribution in [0.2, 0.25) is 0 Å². The maximum atomic E-state index is 14.5. The highest BCUT2D eigenvalue weighted by atomic mass is 19.1. The lowest BCUT2D eigenvalue weighted by Crippen LogP contribution is -2.37. The standard InChI is InChI=1S/2C20H18FN5O/c2*21-15-11-17(14-5-2-1-3-6-14)26-19(15)23-18(24-26)20(27)25-10-8-13-7-4-9-22-16(13)12-25/h2*1-7,9,15,17H,8,10-12H2/t2*15-,17-/m11/s1. The summed E-state index contributed by atoms with van der Waals surface area (Å²) >= 11 is 0. The van der Waals surface area contributed by atoms with Gasteiger partial charge in [0, 0.05) is 38.3 Å². The van der Waals surface area contributed by atoms with E-state index in [4.69, 9.17) is 0 Å². The van der Waals surface area contributed by atoms with Crippen molar-refractivity contribution in [1.29, 1.82) is 0 Å². The molecule has 8 heterocycles. The maximum Gasteiger partial charge on any atom is 0.293 e. The Labute approximate surface area is 309 Å². The normalized spacial score (nSPS) is 21.0. The van der Waals surface area contributed by atoms with Gasteiger partial charge in [0.25, 0.3) is 11.8 Å². The van der Waals surface area contributed by atoms with Gasteiger partial charge in [0.2, 0.25) is 11.6 Å². The molecule has 0 N–H and O–H groups in total. The minimum Gasteiger partial charge on any atom is -0.330 e. The van der Waals surface area contributed by atoms with E-state index in [1.807, 2.05) is 84.9 Å². The van der Waals surface area contributed by atoms with Gasteiger partial charge in [0.1, 0.15) is 0 Å². The molecule has 272 valence electrons. The van der Waals surface area contributed by atoms with E-state index in [2.05, 4.69) is 30.1 Å². The molecule has 0 fully saturated rings. The van der Waals surface area contributed by atoms with Crippen molar-refractivity contribution in [2.75, 3.05) is 13.1 Å². The zero-order valence-electron chi connectivity index (χ0n) is 29.2. The molecule has 2 amide bonds. The molecule has 0 saturated carbocycles. The lowest BCUT2D eigenvalue weighted by molar-refractivity contribution is 0.0711. The summed E-state index contributed by atoms with van der Waals surface area (Å²) in [6.45, 7) is 2.03. The fourth-order valence-electron chi connectivity index (χ4n) is 7.79. The lowest BCUT2D eigenvalue weighted by atomic mass is 10.0. The zero-order valence-corrected chi connectivity index (χ0v) is 29.2. The van der Waals surface area contributed by atoms with Crippen LogP contribution in [0.3, 0.4) is 0 Å². The molecular formula is C40H36F2N10O2. The molecule has 4 atom stereocenters. The molecule has 0 unspecified atom stereocenters.